The highest BCUT2D eigenvalue weighted by molar-refractivity contribution is 6.22. The van der Waals surface area contributed by atoms with Gasteiger partial charge in [-0.25, -0.2) is 0 Å². The Kier molecular flexibility index (Phi) is 11.3. The van der Waals surface area contributed by atoms with Crippen molar-refractivity contribution < 1.29 is 14.4 Å². The molecule has 2 amide bonds. The highest BCUT2D eigenvalue weighted by atomic mass is 16.2. The molecule has 0 aliphatic carbocycles. The second-order valence-electron chi connectivity index (χ2n) is 16.9. The van der Waals surface area contributed by atoms with Crippen LogP contribution in [-0.4, -0.2) is 113 Å². The number of Topliss-reactive ketones (excluding diaryl/α,β-unsaturated/α-hetero) is 1. The number of carbonyl (C=O) groups excluding carboxylic acids is 3. The van der Waals surface area contributed by atoms with Crippen LogP contribution in [0.1, 0.15) is 92.4 Å². The SMILES string of the molecule is C=C(C)C(CCC(=O)CCC)N1C(=O)c2ccc(N3CCN(CCC4CCN(C5CCN(c6ccc7c8cnccc8n(C)c7c6)CC5)CC4)CC3)cc2C1=O. The monoisotopic (exact) mass is 757 g/mol. The number of piperazine rings is 1. The fourth-order valence-corrected chi connectivity index (χ4v) is 9.95. The number of carbonyl (C=O) groups is 3. The van der Waals surface area contributed by atoms with Gasteiger partial charge < -0.3 is 19.3 Å². The summed E-state index contributed by atoms with van der Waals surface area (Å²) in [5, 5.41) is 2.51. The number of benzene rings is 2. The lowest BCUT2D eigenvalue weighted by molar-refractivity contribution is -0.119. The minimum Gasteiger partial charge on any atom is -0.371 e. The number of imide groups is 1. The van der Waals surface area contributed by atoms with Crippen molar-refractivity contribution in [3.05, 3.63) is 78.1 Å². The molecule has 3 saturated heterocycles. The third-order valence-electron chi connectivity index (χ3n) is 13.4. The molecule has 6 heterocycles. The topological polar surface area (TPSA) is 85.2 Å². The van der Waals surface area contributed by atoms with Crippen LogP contribution in [0.2, 0.25) is 0 Å². The minimum absolute atomic E-state index is 0.162. The number of piperidine rings is 2. The van der Waals surface area contributed by atoms with E-state index in [9.17, 15) is 14.4 Å². The van der Waals surface area contributed by atoms with E-state index in [1.807, 2.05) is 44.4 Å². The van der Waals surface area contributed by atoms with E-state index in [0.29, 0.717) is 36.4 Å². The number of pyridine rings is 1. The van der Waals surface area contributed by atoms with Gasteiger partial charge in [0.2, 0.25) is 0 Å². The van der Waals surface area contributed by atoms with Gasteiger partial charge in [-0.05, 0) is 114 Å². The van der Waals surface area contributed by atoms with Gasteiger partial charge in [0.15, 0.2) is 0 Å². The Bertz CT molecular complexity index is 2100. The van der Waals surface area contributed by atoms with Crippen molar-refractivity contribution in [2.45, 2.75) is 83.7 Å². The smallest absolute Gasteiger partial charge is 0.262 e. The zero-order valence-corrected chi connectivity index (χ0v) is 33.7. The van der Waals surface area contributed by atoms with E-state index in [2.05, 4.69) is 67.0 Å². The number of anilines is 2. The van der Waals surface area contributed by atoms with Gasteiger partial charge in [-0.2, -0.15) is 0 Å². The maximum atomic E-state index is 13.6. The Labute approximate surface area is 332 Å². The molecule has 1 atom stereocenters. The van der Waals surface area contributed by atoms with Crippen molar-refractivity contribution in [2.24, 2.45) is 13.0 Å². The summed E-state index contributed by atoms with van der Waals surface area (Å²) in [7, 11) is 2.16. The summed E-state index contributed by atoms with van der Waals surface area (Å²) in [6.45, 7) is 17.5. The zero-order valence-electron chi connectivity index (χ0n) is 33.7. The van der Waals surface area contributed by atoms with Crippen molar-refractivity contribution in [2.75, 3.05) is 68.7 Å². The van der Waals surface area contributed by atoms with Crippen LogP contribution >= 0.6 is 0 Å². The van der Waals surface area contributed by atoms with E-state index >= 15 is 0 Å². The molecule has 10 nitrogen and oxygen atoms in total. The quantitative estimate of drug-likeness (QED) is 0.104. The Morgan fingerprint density at radius 2 is 1.50 bits per heavy atom. The Morgan fingerprint density at radius 1 is 0.804 bits per heavy atom. The predicted molar refractivity (Wildman–Crippen MR) is 226 cm³/mol. The lowest BCUT2D eigenvalue weighted by atomic mass is 9.91. The molecule has 56 heavy (non-hydrogen) atoms. The van der Waals surface area contributed by atoms with Crippen LogP contribution in [0.5, 0.6) is 0 Å². The van der Waals surface area contributed by atoms with E-state index in [1.165, 1.54) is 77.6 Å². The largest absolute Gasteiger partial charge is 0.371 e. The van der Waals surface area contributed by atoms with Crippen molar-refractivity contribution in [1.29, 1.82) is 0 Å². The molecule has 4 aliphatic rings. The maximum Gasteiger partial charge on any atom is 0.262 e. The van der Waals surface area contributed by atoms with Gasteiger partial charge in [-0.3, -0.25) is 29.2 Å². The van der Waals surface area contributed by atoms with Crippen LogP contribution < -0.4 is 9.80 Å². The summed E-state index contributed by atoms with van der Waals surface area (Å²) in [5.41, 5.74) is 6.49. The normalized spacial score (nSPS) is 19.7. The first kappa shape index (κ1) is 38.3. The van der Waals surface area contributed by atoms with E-state index in [0.717, 1.165) is 69.4 Å². The van der Waals surface area contributed by atoms with Gasteiger partial charge in [0.1, 0.15) is 5.78 Å². The van der Waals surface area contributed by atoms with E-state index in [4.69, 9.17) is 0 Å². The second-order valence-corrected chi connectivity index (χ2v) is 16.9. The second kappa shape index (κ2) is 16.5. The number of ketones is 1. The lowest BCUT2D eigenvalue weighted by Gasteiger charge is -2.43. The molecule has 10 heteroatoms. The first-order valence-electron chi connectivity index (χ1n) is 21.2. The van der Waals surface area contributed by atoms with Crippen molar-refractivity contribution in [3.8, 4) is 0 Å². The molecule has 2 aromatic heterocycles. The fourth-order valence-electron chi connectivity index (χ4n) is 9.95. The van der Waals surface area contributed by atoms with Gasteiger partial charge >= 0.3 is 0 Å². The molecular weight excluding hydrogens is 699 g/mol. The van der Waals surface area contributed by atoms with Crippen LogP contribution in [0.25, 0.3) is 21.8 Å². The van der Waals surface area contributed by atoms with Crippen LogP contribution in [0.3, 0.4) is 0 Å². The summed E-state index contributed by atoms with van der Waals surface area (Å²) in [6.07, 6.45) is 12.3. The fraction of sp³-hybridized carbons (Fsp3) is 0.522. The molecule has 0 bridgehead atoms. The zero-order chi connectivity index (χ0) is 38.9. The Hall–Kier alpha value is -4.54. The predicted octanol–water partition coefficient (Wildman–Crippen LogP) is 7.31. The van der Waals surface area contributed by atoms with Crippen molar-refractivity contribution in [1.82, 2.24) is 24.3 Å². The molecule has 0 radical (unpaired) electrons. The number of aryl methyl sites for hydroxylation is 1. The molecule has 4 aliphatic heterocycles. The average Bonchev–Trinajstić information content (AvgIpc) is 3.65. The first-order chi connectivity index (χ1) is 27.2. The summed E-state index contributed by atoms with van der Waals surface area (Å²) in [4.78, 5) is 55.3. The number of aromatic nitrogens is 2. The number of hydrogen-bond donors (Lipinski definition) is 0. The molecule has 0 N–H and O–H groups in total. The van der Waals surface area contributed by atoms with Gasteiger partial charge in [0.25, 0.3) is 11.8 Å². The third-order valence-corrected chi connectivity index (χ3v) is 13.4. The number of rotatable bonds is 13. The van der Waals surface area contributed by atoms with Crippen molar-refractivity contribution in [3.63, 3.8) is 0 Å². The molecule has 0 saturated carbocycles. The summed E-state index contributed by atoms with van der Waals surface area (Å²) in [5.74, 6) is 0.405. The molecular formula is C46H59N7O3. The van der Waals surface area contributed by atoms with Crippen LogP contribution in [0.15, 0.2) is 67.0 Å². The standard InChI is InChI=1S/C46H59N7O3/c1-5-6-37(54)9-12-42(32(2)3)53-45(55)39-11-8-35(29-40(39)46(53)56)52-27-25-49(26-28-52)20-14-33-15-21-50(22-16-33)34-17-23-51(24-18-34)36-7-10-38-41-31-47-19-13-43(41)48(4)44(38)30-36/h7-8,10-11,13,19,29-31,33-34,42H,2,5-6,9,12,14-18,20-28H2,1,3-4H3. The highest BCUT2D eigenvalue weighted by Crippen LogP contribution is 2.34. The van der Waals surface area contributed by atoms with E-state index in [1.54, 1.807) is 0 Å². The van der Waals surface area contributed by atoms with Crippen LogP contribution in [-0.2, 0) is 11.8 Å². The van der Waals surface area contributed by atoms with Gasteiger partial charge in [0, 0.05) is 99.7 Å². The average molecular weight is 758 g/mol. The van der Waals surface area contributed by atoms with Crippen LogP contribution in [0.4, 0.5) is 11.4 Å². The lowest BCUT2D eigenvalue weighted by Crippen LogP contribution is -2.48. The molecule has 296 valence electrons. The minimum atomic E-state index is -0.470. The van der Waals surface area contributed by atoms with Gasteiger partial charge in [-0.1, -0.05) is 25.1 Å². The Balaban J connectivity index is 0.771. The van der Waals surface area contributed by atoms with Crippen molar-refractivity contribution >= 4 is 50.8 Å². The molecule has 4 aromatic rings. The number of fused-ring (bicyclic) bond motifs is 4. The number of hydrogen-bond acceptors (Lipinski definition) is 8. The summed E-state index contributed by atoms with van der Waals surface area (Å²) in [6, 6.07) is 15.0. The number of amides is 2. The Morgan fingerprint density at radius 3 is 2.23 bits per heavy atom. The molecule has 0 spiro atoms. The summed E-state index contributed by atoms with van der Waals surface area (Å²) >= 11 is 0. The molecule has 1 unspecified atom stereocenters. The molecule has 3 fully saturated rings. The molecule has 8 rings (SSSR count). The maximum absolute atomic E-state index is 13.6. The first-order valence-corrected chi connectivity index (χ1v) is 21.2. The van der Waals surface area contributed by atoms with Gasteiger partial charge in [-0.15, -0.1) is 0 Å². The van der Waals surface area contributed by atoms with E-state index in [-0.39, 0.29) is 17.6 Å². The van der Waals surface area contributed by atoms with Gasteiger partial charge in [0.05, 0.1) is 28.2 Å². The number of likely N-dealkylation sites (tertiary alicyclic amines) is 1. The highest BCUT2D eigenvalue weighted by Gasteiger charge is 2.41. The number of nitrogens with zero attached hydrogens (tertiary/aromatic N) is 7. The molecule has 2 aromatic carbocycles. The van der Waals surface area contributed by atoms with E-state index < -0.39 is 6.04 Å². The van der Waals surface area contributed by atoms with Crippen LogP contribution in [0, 0.1) is 5.92 Å². The third kappa shape index (κ3) is 7.62. The summed E-state index contributed by atoms with van der Waals surface area (Å²) < 4.78 is 2.30.